The maximum absolute atomic E-state index is 10.6. The highest BCUT2D eigenvalue weighted by molar-refractivity contribution is 5.36. The van der Waals surface area contributed by atoms with Gasteiger partial charge in [0.15, 0.2) is 0 Å². The molecule has 0 atom stereocenters. The van der Waals surface area contributed by atoms with Gasteiger partial charge in [-0.15, -0.1) is 0 Å². The van der Waals surface area contributed by atoms with Crippen molar-refractivity contribution in [2.24, 2.45) is 0 Å². The fraction of sp³-hybridized carbons (Fsp3) is 0.429. The van der Waals surface area contributed by atoms with Crippen molar-refractivity contribution in [1.29, 1.82) is 0 Å². The molecule has 0 saturated carbocycles. The molecule has 4 nitrogen and oxygen atoms in total. The summed E-state index contributed by atoms with van der Waals surface area (Å²) in [5.41, 5.74) is 6.00. The van der Waals surface area contributed by atoms with E-state index in [9.17, 15) is 4.79 Å². The number of rotatable bonds is 2. The maximum Gasteiger partial charge on any atom is 0.346 e. The number of aromatic amines is 1. The Balaban J connectivity index is 2.99. The zero-order valence-electron chi connectivity index (χ0n) is 6.42. The van der Waals surface area contributed by atoms with Crippen molar-refractivity contribution in [2.75, 3.05) is 5.73 Å². The molecule has 60 valence electrons. The third-order valence-corrected chi connectivity index (χ3v) is 1.44. The van der Waals surface area contributed by atoms with Crippen molar-refractivity contribution in [3.8, 4) is 0 Å². The summed E-state index contributed by atoms with van der Waals surface area (Å²) in [4.78, 5) is 16.6. The van der Waals surface area contributed by atoms with Crippen molar-refractivity contribution in [3.63, 3.8) is 0 Å². The van der Waals surface area contributed by atoms with E-state index in [4.69, 9.17) is 5.73 Å². The van der Waals surface area contributed by atoms with E-state index in [1.807, 2.05) is 6.92 Å². The molecule has 0 bridgehead atoms. The zero-order valence-corrected chi connectivity index (χ0v) is 6.42. The molecule has 1 heterocycles. The number of nitrogens with zero attached hydrogens (tertiary/aromatic N) is 1. The Morgan fingerprint density at radius 3 is 3.00 bits per heavy atom. The van der Waals surface area contributed by atoms with Crippen molar-refractivity contribution in [2.45, 2.75) is 19.8 Å². The molecule has 0 spiro atoms. The number of hydrogen-bond acceptors (Lipinski definition) is 3. The highest BCUT2D eigenvalue weighted by Gasteiger charge is 1.98. The van der Waals surface area contributed by atoms with Crippen LogP contribution in [0.3, 0.4) is 0 Å². The van der Waals surface area contributed by atoms with E-state index in [2.05, 4.69) is 9.97 Å². The molecule has 11 heavy (non-hydrogen) atoms. The first-order valence-corrected chi connectivity index (χ1v) is 3.58. The summed E-state index contributed by atoms with van der Waals surface area (Å²) >= 11 is 0. The van der Waals surface area contributed by atoms with Crippen LogP contribution < -0.4 is 11.4 Å². The van der Waals surface area contributed by atoms with Crippen LogP contribution in [0.5, 0.6) is 0 Å². The van der Waals surface area contributed by atoms with Crippen LogP contribution in [0.25, 0.3) is 0 Å². The number of nitrogens with one attached hydrogen (secondary N) is 1. The quantitative estimate of drug-likeness (QED) is 0.642. The van der Waals surface area contributed by atoms with Crippen LogP contribution in [-0.4, -0.2) is 9.97 Å². The molecule has 0 aliphatic carbocycles. The summed E-state index contributed by atoms with van der Waals surface area (Å²) in [6.45, 7) is 2.05. The lowest BCUT2D eigenvalue weighted by molar-refractivity contribution is 0.897. The first-order valence-electron chi connectivity index (χ1n) is 3.58. The van der Waals surface area contributed by atoms with Crippen molar-refractivity contribution < 1.29 is 0 Å². The molecule has 0 amide bonds. The van der Waals surface area contributed by atoms with Crippen LogP contribution >= 0.6 is 0 Å². The molecule has 1 aromatic heterocycles. The summed E-state index contributed by atoms with van der Waals surface area (Å²) in [5.74, 6) is 0.343. The molecule has 1 rings (SSSR count). The lowest BCUT2D eigenvalue weighted by Gasteiger charge is -1.99. The zero-order chi connectivity index (χ0) is 8.27. The highest BCUT2D eigenvalue weighted by atomic mass is 16.1. The normalized spacial score (nSPS) is 9.91. The number of hydrogen-bond donors (Lipinski definition) is 2. The molecule has 0 aliphatic heterocycles. The minimum Gasteiger partial charge on any atom is -0.383 e. The van der Waals surface area contributed by atoms with E-state index < -0.39 is 0 Å². The van der Waals surface area contributed by atoms with E-state index in [0.29, 0.717) is 5.82 Å². The average Bonchev–Trinajstić information content (AvgIpc) is 1.95. The summed E-state index contributed by atoms with van der Waals surface area (Å²) in [6.07, 6.45) is 3.47. The predicted molar refractivity (Wildman–Crippen MR) is 43.3 cm³/mol. The van der Waals surface area contributed by atoms with Gasteiger partial charge in [-0.1, -0.05) is 13.3 Å². The van der Waals surface area contributed by atoms with Crippen LogP contribution in [0.1, 0.15) is 18.9 Å². The van der Waals surface area contributed by atoms with Gasteiger partial charge in [-0.2, -0.15) is 4.98 Å². The number of aromatic nitrogens is 2. The Hall–Kier alpha value is -1.32. The summed E-state index contributed by atoms with van der Waals surface area (Å²) in [6, 6.07) is 0. The van der Waals surface area contributed by atoms with Crippen LogP contribution in [0.4, 0.5) is 5.82 Å². The number of nitrogens with two attached hydrogens (primary N) is 1. The van der Waals surface area contributed by atoms with Crippen LogP contribution in [0.2, 0.25) is 0 Å². The lowest BCUT2D eigenvalue weighted by Crippen LogP contribution is -2.13. The van der Waals surface area contributed by atoms with Crippen molar-refractivity contribution in [3.05, 3.63) is 22.2 Å². The lowest BCUT2D eigenvalue weighted by atomic mass is 10.2. The number of anilines is 1. The second-order valence-corrected chi connectivity index (χ2v) is 2.37. The SMILES string of the molecule is CCCc1c[nH]c(=O)nc1N. The molecule has 0 saturated heterocycles. The molecular formula is C7H11N3O. The smallest absolute Gasteiger partial charge is 0.346 e. The number of nitrogen functional groups attached to an aromatic ring is 1. The summed E-state index contributed by atoms with van der Waals surface area (Å²) < 4.78 is 0. The fourth-order valence-electron chi connectivity index (χ4n) is 0.906. The van der Waals surface area contributed by atoms with Gasteiger partial charge in [-0.05, 0) is 6.42 Å². The Kier molecular flexibility index (Phi) is 2.25. The Bertz CT molecular complexity index is 292. The van der Waals surface area contributed by atoms with E-state index in [1.165, 1.54) is 0 Å². The topological polar surface area (TPSA) is 71.8 Å². The van der Waals surface area contributed by atoms with E-state index in [0.717, 1.165) is 18.4 Å². The van der Waals surface area contributed by atoms with E-state index in [-0.39, 0.29) is 5.69 Å². The average molecular weight is 153 g/mol. The van der Waals surface area contributed by atoms with Gasteiger partial charge in [0, 0.05) is 11.8 Å². The minimum atomic E-state index is -0.387. The fourth-order valence-corrected chi connectivity index (χ4v) is 0.906. The van der Waals surface area contributed by atoms with Gasteiger partial charge in [0.2, 0.25) is 0 Å². The predicted octanol–water partition coefficient (Wildman–Crippen LogP) is 0.305. The van der Waals surface area contributed by atoms with Crippen LogP contribution in [0.15, 0.2) is 11.0 Å². The minimum absolute atomic E-state index is 0.343. The van der Waals surface area contributed by atoms with Crippen LogP contribution in [-0.2, 0) is 6.42 Å². The summed E-state index contributed by atoms with van der Waals surface area (Å²) in [7, 11) is 0. The first-order chi connectivity index (χ1) is 5.24. The van der Waals surface area contributed by atoms with Gasteiger partial charge >= 0.3 is 5.69 Å². The standard InChI is InChI=1S/C7H11N3O/c1-2-3-5-4-9-7(11)10-6(5)8/h4H,2-3H2,1H3,(H3,8,9,10,11). The van der Waals surface area contributed by atoms with Gasteiger partial charge < -0.3 is 10.7 Å². The van der Waals surface area contributed by atoms with Crippen molar-refractivity contribution in [1.82, 2.24) is 9.97 Å². The van der Waals surface area contributed by atoms with E-state index in [1.54, 1.807) is 6.20 Å². The third-order valence-electron chi connectivity index (χ3n) is 1.44. The second-order valence-electron chi connectivity index (χ2n) is 2.37. The molecule has 0 fully saturated rings. The highest BCUT2D eigenvalue weighted by Crippen LogP contribution is 2.05. The van der Waals surface area contributed by atoms with Gasteiger partial charge in [0.05, 0.1) is 0 Å². The molecule has 0 unspecified atom stereocenters. The van der Waals surface area contributed by atoms with Gasteiger partial charge in [0.1, 0.15) is 5.82 Å². The number of aryl methyl sites for hydroxylation is 1. The van der Waals surface area contributed by atoms with Crippen LogP contribution in [0, 0.1) is 0 Å². The molecule has 4 heteroatoms. The summed E-state index contributed by atoms with van der Waals surface area (Å²) in [5, 5.41) is 0. The van der Waals surface area contributed by atoms with Gasteiger partial charge in [-0.3, -0.25) is 0 Å². The molecule has 3 N–H and O–H groups in total. The first kappa shape index (κ1) is 7.78. The molecule has 1 aromatic rings. The Morgan fingerprint density at radius 2 is 2.45 bits per heavy atom. The van der Waals surface area contributed by atoms with Crippen molar-refractivity contribution >= 4 is 5.82 Å². The maximum atomic E-state index is 10.6. The Morgan fingerprint density at radius 1 is 1.73 bits per heavy atom. The second kappa shape index (κ2) is 3.18. The molecular weight excluding hydrogens is 142 g/mol. The van der Waals surface area contributed by atoms with Gasteiger partial charge in [0.25, 0.3) is 0 Å². The molecule has 0 aromatic carbocycles. The molecule has 0 radical (unpaired) electrons. The Labute approximate surface area is 64.5 Å². The molecule has 0 aliphatic rings. The third kappa shape index (κ3) is 1.80. The largest absolute Gasteiger partial charge is 0.383 e. The van der Waals surface area contributed by atoms with Gasteiger partial charge in [-0.25, -0.2) is 4.79 Å². The monoisotopic (exact) mass is 153 g/mol. The van der Waals surface area contributed by atoms with E-state index >= 15 is 0 Å². The number of H-pyrrole nitrogens is 1.